The molecule has 0 rings (SSSR count). The van der Waals surface area contributed by atoms with Crippen molar-refractivity contribution in [1.29, 1.82) is 0 Å². The summed E-state index contributed by atoms with van der Waals surface area (Å²) in [4.78, 5) is 25.9. The summed E-state index contributed by atoms with van der Waals surface area (Å²) in [5, 5.41) is 0. The summed E-state index contributed by atoms with van der Waals surface area (Å²) in [6, 6.07) is 0.0278. The quantitative estimate of drug-likeness (QED) is 0.310. The van der Waals surface area contributed by atoms with Crippen LogP contribution in [0.1, 0.15) is 0 Å². The van der Waals surface area contributed by atoms with Crippen molar-refractivity contribution in [2.24, 2.45) is 5.92 Å². The topological polar surface area (TPSA) is 60.7 Å². The summed E-state index contributed by atoms with van der Waals surface area (Å²) in [7, 11) is -3.86. The number of rotatable bonds is 4. The molecule has 0 atom stereocenters. The molecule has 0 amide bonds. The van der Waals surface area contributed by atoms with Gasteiger partial charge in [0.2, 0.25) is 0 Å². The Hall–Kier alpha value is 0.797. The Bertz CT molecular complexity index is 91.0. The first-order chi connectivity index (χ1) is 4.49. The van der Waals surface area contributed by atoms with Crippen LogP contribution in [-0.4, -0.2) is 34.7 Å². The average molecular weight is 200 g/mol. The molecule has 0 aliphatic rings. The van der Waals surface area contributed by atoms with Gasteiger partial charge >= 0.3 is 8.80 Å². The maximum atomic E-state index is 8.63. The predicted octanol–water partition coefficient (Wildman–Crippen LogP) is -0.622. The van der Waals surface area contributed by atoms with Crippen molar-refractivity contribution < 1.29 is 14.4 Å². The van der Waals surface area contributed by atoms with Crippen LogP contribution >= 0.6 is 25.3 Å². The van der Waals surface area contributed by atoms with Crippen LogP contribution in [0.2, 0.25) is 6.04 Å². The number of hydrogen-bond donors (Lipinski definition) is 5. The zero-order chi connectivity index (χ0) is 8.20. The fraction of sp³-hybridized carbons (Fsp3) is 1.00. The van der Waals surface area contributed by atoms with Crippen molar-refractivity contribution >= 4 is 34.1 Å². The van der Waals surface area contributed by atoms with E-state index in [0.717, 1.165) is 0 Å². The molecular weight excluding hydrogens is 188 g/mol. The lowest BCUT2D eigenvalue weighted by atomic mass is 10.3. The molecule has 0 aromatic carbocycles. The fourth-order valence-corrected chi connectivity index (χ4v) is 2.84. The van der Waals surface area contributed by atoms with Crippen molar-refractivity contribution in [2.45, 2.75) is 6.04 Å². The smallest absolute Gasteiger partial charge is 0.390 e. The summed E-state index contributed by atoms with van der Waals surface area (Å²) < 4.78 is 0. The van der Waals surface area contributed by atoms with Crippen molar-refractivity contribution in [2.75, 3.05) is 11.5 Å². The molecule has 0 bridgehead atoms. The molecule has 0 fully saturated rings. The van der Waals surface area contributed by atoms with Gasteiger partial charge in [-0.25, -0.2) is 0 Å². The molecule has 0 aromatic heterocycles. The van der Waals surface area contributed by atoms with E-state index < -0.39 is 8.80 Å². The second-order valence-corrected chi connectivity index (χ2v) is 4.90. The molecule has 3 N–H and O–H groups in total. The van der Waals surface area contributed by atoms with Crippen LogP contribution in [0, 0.1) is 5.92 Å². The lowest BCUT2D eigenvalue weighted by Gasteiger charge is -2.15. The lowest BCUT2D eigenvalue weighted by molar-refractivity contribution is 0.222. The van der Waals surface area contributed by atoms with Crippen LogP contribution in [0.3, 0.4) is 0 Å². The molecule has 10 heavy (non-hydrogen) atoms. The van der Waals surface area contributed by atoms with Crippen LogP contribution in [0.15, 0.2) is 0 Å². The molecule has 0 aromatic rings. The Morgan fingerprint density at radius 3 is 1.60 bits per heavy atom. The summed E-state index contributed by atoms with van der Waals surface area (Å²) in [6.07, 6.45) is 0. The van der Waals surface area contributed by atoms with Crippen LogP contribution in [0.25, 0.3) is 0 Å². The monoisotopic (exact) mass is 200 g/mol. The fourth-order valence-electron chi connectivity index (χ4n) is 0.574. The third-order valence-electron chi connectivity index (χ3n) is 1.08. The van der Waals surface area contributed by atoms with Gasteiger partial charge in [-0.1, -0.05) is 0 Å². The molecule has 6 heteroatoms. The van der Waals surface area contributed by atoms with Gasteiger partial charge in [0.15, 0.2) is 0 Å². The number of hydrogen-bond acceptors (Lipinski definition) is 5. The lowest BCUT2D eigenvalue weighted by Crippen LogP contribution is -2.37. The maximum Gasteiger partial charge on any atom is 0.493 e. The Labute approximate surface area is 72.3 Å². The van der Waals surface area contributed by atoms with Gasteiger partial charge in [-0.3, -0.25) is 0 Å². The largest absolute Gasteiger partial charge is 0.493 e. The van der Waals surface area contributed by atoms with E-state index >= 15 is 0 Å². The summed E-state index contributed by atoms with van der Waals surface area (Å²) in [5.74, 6) is 1.01. The molecule has 3 nitrogen and oxygen atoms in total. The van der Waals surface area contributed by atoms with E-state index in [1.807, 2.05) is 0 Å². The van der Waals surface area contributed by atoms with Gasteiger partial charge in [0.25, 0.3) is 0 Å². The van der Waals surface area contributed by atoms with E-state index in [4.69, 9.17) is 14.4 Å². The van der Waals surface area contributed by atoms with Crippen molar-refractivity contribution in [3.8, 4) is 0 Å². The molecule has 62 valence electrons. The zero-order valence-electron chi connectivity index (χ0n) is 5.43. The maximum absolute atomic E-state index is 8.63. The van der Waals surface area contributed by atoms with E-state index in [2.05, 4.69) is 25.3 Å². The molecule has 0 aliphatic heterocycles. The van der Waals surface area contributed by atoms with E-state index in [-0.39, 0.29) is 12.0 Å². The predicted molar refractivity (Wildman–Crippen MR) is 48.4 cm³/mol. The highest BCUT2D eigenvalue weighted by atomic mass is 32.1. The Balaban J connectivity index is 3.63. The van der Waals surface area contributed by atoms with E-state index in [1.165, 1.54) is 0 Å². The second-order valence-electron chi connectivity index (χ2n) is 2.21. The first kappa shape index (κ1) is 10.8. The van der Waals surface area contributed by atoms with Crippen molar-refractivity contribution in [1.82, 2.24) is 0 Å². The van der Waals surface area contributed by atoms with Gasteiger partial charge in [-0.05, 0) is 17.4 Å². The third-order valence-corrected chi connectivity index (χ3v) is 3.24. The summed E-state index contributed by atoms with van der Waals surface area (Å²) in [5.41, 5.74) is 0. The Morgan fingerprint density at radius 1 is 1.10 bits per heavy atom. The first-order valence-electron chi connectivity index (χ1n) is 2.88. The third kappa shape index (κ3) is 5.57. The minimum absolute atomic E-state index is 0.0154. The minimum Gasteiger partial charge on any atom is -0.390 e. The molecule has 0 spiro atoms. The highest BCUT2D eigenvalue weighted by Gasteiger charge is 2.30. The standard InChI is InChI=1S/C4H12O3S2Si/c5-10(6,7)3-4(1-8)2-9/h4-9H,1-3H2. The number of thiol groups is 2. The van der Waals surface area contributed by atoms with Gasteiger partial charge in [-0.2, -0.15) is 25.3 Å². The van der Waals surface area contributed by atoms with Gasteiger partial charge < -0.3 is 14.4 Å². The molecule has 0 unspecified atom stereocenters. The highest BCUT2D eigenvalue weighted by molar-refractivity contribution is 7.81. The minimum atomic E-state index is -3.86. The van der Waals surface area contributed by atoms with E-state index in [1.54, 1.807) is 0 Å². The van der Waals surface area contributed by atoms with Crippen LogP contribution < -0.4 is 0 Å². The molecule has 0 saturated heterocycles. The molecule has 0 saturated carbocycles. The van der Waals surface area contributed by atoms with Gasteiger partial charge in [0.1, 0.15) is 0 Å². The molecule has 0 radical (unpaired) electrons. The molecular formula is C4H12O3S2Si. The van der Waals surface area contributed by atoms with E-state index in [9.17, 15) is 0 Å². The van der Waals surface area contributed by atoms with Crippen LogP contribution in [0.5, 0.6) is 0 Å². The van der Waals surface area contributed by atoms with Gasteiger partial charge in [-0.15, -0.1) is 0 Å². The molecule has 0 heterocycles. The van der Waals surface area contributed by atoms with Crippen LogP contribution in [0.4, 0.5) is 0 Å². The van der Waals surface area contributed by atoms with Crippen LogP contribution in [-0.2, 0) is 0 Å². The second kappa shape index (κ2) is 4.63. The van der Waals surface area contributed by atoms with Gasteiger partial charge in [0.05, 0.1) is 0 Å². The Kier molecular flexibility index (Phi) is 5.00. The summed E-state index contributed by atoms with van der Waals surface area (Å²) in [6.45, 7) is 0. The first-order valence-corrected chi connectivity index (χ1v) is 6.20. The Morgan fingerprint density at radius 2 is 1.50 bits per heavy atom. The molecule has 0 aliphatic carbocycles. The van der Waals surface area contributed by atoms with E-state index in [0.29, 0.717) is 11.5 Å². The normalized spacial score (nSPS) is 12.6. The summed E-state index contributed by atoms with van der Waals surface area (Å²) >= 11 is 7.90. The van der Waals surface area contributed by atoms with Crippen molar-refractivity contribution in [3.05, 3.63) is 0 Å². The van der Waals surface area contributed by atoms with Gasteiger partial charge in [0, 0.05) is 6.04 Å². The van der Waals surface area contributed by atoms with Crippen molar-refractivity contribution in [3.63, 3.8) is 0 Å². The SMILES string of the molecule is O[Si](O)(O)CC(CS)CS. The highest BCUT2D eigenvalue weighted by Crippen LogP contribution is 2.12. The average Bonchev–Trinajstić information content (AvgIpc) is 1.81. The zero-order valence-corrected chi connectivity index (χ0v) is 8.22.